The van der Waals surface area contributed by atoms with Gasteiger partial charge in [-0.25, -0.2) is 0 Å². The molecule has 3 rings (SSSR count). The summed E-state index contributed by atoms with van der Waals surface area (Å²) in [5, 5.41) is 12.9. The quantitative estimate of drug-likeness (QED) is 0.692. The van der Waals surface area contributed by atoms with Gasteiger partial charge in [0, 0.05) is 42.6 Å². The van der Waals surface area contributed by atoms with Crippen molar-refractivity contribution in [2.24, 2.45) is 5.92 Å². The molecule has 2 heterocycles. The van der Waals surface area contributed by atoms with Gasteiger partial charge in [-0.3, -0.25) is 9.59 Å². The molecular formula is C19H23ClN4O3S. The molecule has 2 aromatic rings. The molecule has 1 aromatic carbocycles. The lowest BCUT2D eigenvalue weighted by atomic mass is 9.95. The highest BCUT2D eigenvalue weighted by molar-refractivity contribution is 7.15. The largest absolute Gasteiger partial charge is 0.381 e. The van der Waals surface area contributed by atoms with E-state index in [4.69, 9.17) is 16.3 Å². The topological polar surface area (TPSA) is 84.4 Å². The monoisotopic (exact) mass is 422 g/mol. The Balaban J connectivity index is 1.47. The van der Waals surface area contributed by atoms with E-state index in [1.807, 2.05) is 6.92 Å². The van der Waals surface area contributed by atoms with Crippen LogP contribution in [-0.4, -0.2) is 53.2 Å². The number of hydrogen-bond acceptors (Lipinski definition) is 6. The Hall–Kier alpha value is -2.03. The molecule has 1 fully saturated rings. The van der Waals surface area contributed by atoms with E-state index in [9.17, 15) is 9.59 Å². The molecule has 150 valence electrons. The lowest BCUT2D eigenvalue weighted by molar-refractivity contribution is -0.121. The van der Waals surface area contributed by atoms with Crippen LogP contribution in [0.1, 0.15) is 35.1 Å². The van der Waals surface area contributed by atoms with Crippen LogP contribution in [0.25, 0.3) is 0 Å². The van der Waals surface area contributed by atoms with Crippen LogP contribution in [0.3, 0.4) is 0 Å². The van der Waals surface area contributed by atoms with E-state index in [1.165, 1.54) is 11.3 Å². The summed E-state index contributed by atoms with van der Waals surface area (Å²) >= 11 is 7.24. The van der Waals surface area contributed by atoms with Gasteiger partial charge in [-0.15, -0.1) is 10.2 Å². The Bertz CT molecular complexity index is 804. The van der Waals surface area contributed by atoms with E-state index < -0.39 is 0 Å². The highest BCUT2D eigenvalue weighted by atomic mass is 35.5. The van der Waals surface area contributed by atoms with Crippen LogP contribution in [0.2, 0.25) is 5.02 Å². The SMILES string of the molecule is CCOCCc1nnc(NC(=O)C2CCN(C(=O)c3ccc(Cl)cc3)CC2)s1. The molecule has 0 radical (unpaired) electrons. The number of rotatable bonds is 7. The predicted octanol–water partition coefficient (Wildman–Crippen LogP) is 3.26. The fourth-order valence-corrected chi connectivity index (χ4v) is 3.89. The molecule has 9 heteroatoms. The first-order chi connectivity index (χ1) is 13.6. The number of nitrogens with one attached hydrogen (secondary N) is 1. The van der Waals surface area contributed by atoms with Crippen molar-refractivity contribution in [1.82, 2.24) is 15.1 Å². The van der Waals surface area contributed by atoms with Crippen LogP contribution < -0.4 is 5.32 Å². The van der Waals surface area contributed by atoms with Crippen molar-refractivity contribution in [2.75, 3.05) is 31.6 Å². The smallest absolute Gasteiger partial charge is 0.253 e. The Morgan fingerprint density at radius 3 is 2.64 bits per heavy atom. The lowest BCUT2D eigenvalue weighted by Gasteiger charge is -2.31. The number of amides is 2. The average molecular weight is 423 g/mol. The number of piperidine rings is 1. The molecule has 0 aliphatic carbocycles. The molecule has 1 N–H and O–H groups in total. The second-order valence-electron chi connectivity index (χ2n) is 6.51. The number of ether oxygens (including phenoxy) is 1. The zero-order chi connectivity index (χ0) is 19.9. The van der Waals surface area contributed by atoms with Crippen LogP contribution in [0.4, 0.5) is 5.13 Å². The molecule has 0 bridgehead atoms. The molecule has 28 heavy (non-hydrogen) atoms. The van der Waals surface area contributed by atoms with Crippen molar-refractivity contribution in [2.45, 2.75) is 26.2 Å². The minimum atomic E-state index is -0.134. The zero-order valence-electron chi connectivity index (χ0n) is 15.7. The summed E-state index contributed by atoms with van der Waals surface area (Å²) in [7, 11) is 0. The minimum absolute atomic E-state index is 0.0291. The number of likely N-dealkylation sites (tertiary alicyclic amines) is 1. The maximum atomic E-state index is 12.5. The van der Waals surface area contributed by atoms with Gasteiger partial charge in [0.2, 0.25) is 11.0 Å². The molecule has 2 amide bonds. The van der Waals surface area contributed by atoms with Crippen LogP contribution in [0.15, 0.2) is 24.3 Å². The second-order valence-corrected chi connectivity index (χ2v) is 8.01. The number of hydrogen-bond donors (Lipinski definition) is 1. The van der Waals surface area contributed by atoms with Crippen molar-refractivity contribution < 1.29 is 14.3 Å². The Labute approximate surface area is 173 Å². The molecule has 1 aliphatic heterocycles. The maximum absolute atomic E-state index is 12.5. The van der Waals surface area contributed by atoms with Gasteiger partial charge in [-0.05, 0) is 44.0 Å². The number of halogens is 1. The normalized spacial score (nSPS) is 14.9. The van der Waals surface area contributed by atoms with Gasteiger partial charge in [0.05, 0.1) is 6.61 Å². The highest BCUT2D eigenvalue weighted by Crippen LogP contribution is 2.23. The number of aromatic nitrogens is 2. The minimum Gasteiger partial charge on any atom is -0.381 e. The highest BCUT2D eigenvalue weighted by Gasteiger charge is 2.28. The second kappa shape index (κ2) is 9.95. The van der Waals surface area contributed by atoms with E-state index >= 15 is 0 Å². The van der Waals surface area contributed by atoms with Gasteiger partial charge in [0.25, 0.3) is 5.91 Å². The third kappa shape index (κ3) is 5.50. The van der Waals surface area contributed by atoms with E-state index in [2.05, 4.69) is 15.5 Å². The first-order valence-electron chi connectivity index (χ1n) is 9.32. The molecule has 0 atom stereocenters. The molecule has 1 aromatic heterocycles. The van der Waals surface area contributed by atoms with E-state index in [0.29, 0.717) is 61.3 Å². The van der Waals surface area contributed by atoms with Gasteiger partial charge in [-0.1, -0.05) is 22.9 Å². The number of benzene rings is 1. The Morgan fingerprint density at radius 1 is 1.25 bits per heavy atom. The Kier molecular flexibility index (Phi) is 7.36. The summed E-state index contributed by atoms with van der Waals surface area (Å²) in [5.74, 6) is -0.227. The molecule has 0 saturated carbocycles. The maximum Gasteiger partial charge on any atom is 0.253 e. The van der Waals surface area contributed by atoms with Crippen LogP contribution >= 0.6 is 22.9 Å². The first-order valence-corrected chi connectivity index (χ1v) is 10.5. The zero-order valence-corrected chi connectivity index (χ0v) is 17.3. The lowest BCUT2D eigenvalue weighted by Crippen LogP contribution is -2.41. The van der Waals surface area contributed by atoms with Gasteiger partial charge >= 0.3 is 0 Å². The van der Waals surface area contributed by atoms with E-state index in [0.717, 1.165) is 5.01 Å². The molecule has 1 aliphatic rings. The molecule has 7 nitrogen and oxygen atoms in total. The van der Waals surface area contributed by atoms with E-state index in [-0.39, 0.29) is 17.7 Å². The number of nitrogens with zero attached hydrogens (tertiary/aromatic N) is 3. The van der Waals surface area contributed by atoms with Crippen molar-refractivity contribution in [1.29, 1.82) is 0 Å². The number of carbonyl (C=O) groups excluding carboxylic acids is 2. The number of anilines is 1. The molecule has 0 unspecified atom stereocenters. The number of carbonyl (C=O) groups is 2. The van der Waals surface area contributed by atoms with Crippen molar-refractivity contribution in [3.63, 3.8) is 0 Å². The van der Waals surface area contributed by atoms with Gasteiger partial charge in [0.1, 0.15) is 5.01 Å². The summed E-state index contributed by atoms with van der Waals surface area (Å²) in [6, 6.07) is 6.86. The van der Waals surface area contributed by atoms with Crippen molar-refractivity contribution in [3.05, 3.63) is 39.9 Å². The standard InChI is InChI=1S/C19H23ClN4O3S/c1-2-27-12-9-16-22-23-19(28-16)21-17(25)13-7-10-24(11-8-13)18(26)14-3-5-15(20)6-4-14/h3-6,13H,2,7-12H2,1H3,(H,21,23,25). The third-order valence-electron chi connectivity index (χ3n) is 4.61. The van der Waals surface area contributed by atoms with Gasteiger partial charge in [0.15, 0.2) is 0 Å². The summed E-state index contributed by atoms with van der Waals surface area (Å²) in [5.41, 5.74) is 0.612. The van der Waals surface area contributed by atoms with Crippen molar-refractivity contribution in [3.8, 4) is 0 Å². The average Bonchev–Trinajstić information content (AvgIpc) is 3.15. The fourth-order valence-electron chi connectivity index (χ4n) is 3.04. The summed E-state index contributed by atoms with van der Waals surface area (Å²) in [6.45, 7) is 4.31. The molecular weight excluding hydrogens is 400 g/mol. The fraction of sp³-hybridized carbons (Fsp3) is 0.474. The van der Waals surface area contributed by atoms with Crippen LogP contribution in [0.5, 0.6) is 0 Å². The third-order valence-corrected chi connectivity index (χ3v) is 5.76. The first kappa shape index (κ1) is 20.7. The predicted molar refractivity (Wildman–Crippen MR) is 109 cm³/mol. The summed E-state index contributed by atoms with van der Waals surface area (Å²) < 4.78 is 5.30. The van der Waals surface area contributed by atoms with Crippen LogP contribution in [-0.2, 0) is 16.0 Å². The summed E-state index contributed by atoms with van der Waals surface area (Å²) in [4.78, 5) is 26.8. The van der Waals surface area contributed by atoms with Gasteiger partial charge in [-0.2, -0.15) is 0 Å². The van der Waals surface area contributed by atoms with Crippen LogP contribution in [0, 0.1) is 5.92 Å². The molecule has 1 saturated heterocycles. The molecule has 0 spiro atoms. The van der Waals surface area contributed by atoms with E-state index in [1.54, 1.807) is 29.2 Å². The van der Waals surface area contributed by atoms with Gasteiger partial charge < -0.3 is 15.0 Å². The summed E-state index contributed by atoms with van der Waals surface area (Å²) in [6.07, 6.45) is 1.94. The Morgan fingerprint density at radius 2 is 1.96 bits per heavy atom. The van der Waals surface area contributed by atoms with Crippen molar-refractivity contribution >= 4 is 39.9 Å².